The first-order valence-corrected chi connectivity index (χ1v) is 6.65. The minimum Gasteiger partial charge on any atom is -0.493 e. The van der Waals surface area contributed by atoms with Crippen LogP contribution in [-0.2, 0) is 9.53 Å². The fourth-order valence-electron chi connectivity index (χ4n) is 1.58. The Labute approximate surface area is 128 Å². The third-order valence-corrected chi connectivity index (χ3v) is 2.46. The molecule has 1 rings (SSSR count). The molecule has 0 aliphatic heterocycles. The van der Waals surface area contributed by atoms with Crippen LogP contribution in [0.5, 0.6) is 11.5 Å². The lowest BCUT2D eigenvalue weighted by molar-refractivity contribution is -0.143. The fourth-order valence-corrected chi connectivity index (χ4v) is 1.58. The maximum atomic E-state index is 11.3. The summed E-state index contributed by atoms with van der Waals surface area (Å²) in [4.78, 5) is 11.3. The number of guanidine groups is 1. The Hall–Kier alpha value is -2.77. The second-order valence-corrected chi connectivity index (χ2v) is 4.05. The normalized spacial score (nSPS) is 10.3. The van der Waals surface area contributed by atoms with Gasteiger partial charge >= 0.3 is 5.97 Å². The highest BCUT2D eigenvalue weighted by Crippen LogP contribution is 2.30. The third-order valence-electron chi connectivity index (χ3n) is 2.46. The summed E-state index contributed by atoms with van der Waals surface area (Å²) in [7, 11) is 1.52. The van der Waals surface area contributed by atoms with Gasteiger partial charge in [-0.15, -0.1) is 5.10 Å². The average molecular weight is 308 g/mol. The molecule has 0 atom stereocenters. The standard InChI is InChI=1S/C14H20N4O4/c1-3-21-12(19)7-8-22-13-10(9-17-18-14(15)16)5-4-6-11(13)20-2/h4-6,9H,3,7-8H2,1-2H3,(H4,15,16,18). The quantitative estimate of drug-likeness (QED) is 0.314. The first-order valence-electron chi connectivity index (χ1n) is 6.65. The van der Waals surface area contributed by atoms with Gasteiger partial charge in [0.1, 0.15) is 0 Å². The van der Waals surface area contributed by atoms with Crippen LogP contribution in [0, 0.1) is 0 Å². The van der Waals surface area contributed by atoms with E-state index < -0.39 is 0 Å². The van der Waals surface area contributed by atoms with Crippen LogP contribution in [0.2, 0.25) is 0 Å². The second-order valence-electron chi connectivity index (χ2n) is 4.05. The van der Waals surface area contributed by atoms with Crippen LogP contribution in [0.3, 0.4) is 0 Å². The number of hydrogen-bond acceptors (Lipinski definition) is 6. The number of methoxy groups -OCH3 is 1. The van der Waals surface area contributed by atoms with E-state index in [-0.39, 0.29) is 25.0 Å². The number of para-hydroxylation sites is 1. The minimum atomic E-state index is -0.326. The van der Waals surface area contributed by atoms with Crippen LogP contribution in [-0.4, -0.2) is 38.5 Å². The zero-order chi connectivity index (χ0) is 16.4. The number of carbonyl (C=O) groups excluding carboxylic acids is 1. The Morgan fingerprint density at radius 2 is 2.14 bits per heavy atom. The molecule has 0 radical (unpaired) electrons. The number of esters is 1. The summed E-state index contributed by atoms with van der Waals surface area (Å²) in [6, 6.07) is 5.26. The topological polar surface area (TPSA) is 122 Å². The summed E-state index contributed by atoms with van der Waals surface area (Å²) in [5.41, 5.74) is 11.0. The van der Waals surface area contributed by atoms with Crippen molar-refractivity contribution in [3.8, 4) is 11.5 Å². The van der Waals surface area contributed by atoms with Crippen molar-refractivity contribution < 1.29 is 19.0 Å². The maximum absolute atomic E-state index is 11.3. The van der Waals surface area contributed by atoms with Gasteiger partial charge in [0.25, 0.3) is 0 Å². The minimum absolute atomic E-state index is 0.135. The summed E-state index contributed by atoms with van der Waals surface area (Å²) in [6.07, 6.45) is 1.57. The van der Waals surface area contributed by atoms with Crippen LogP contribution < -0.4 is 20.9 Å². The van der Waals surface area contributed by atoms with Gasteiger partial charge in [0, 0.05) is 5.56 Å². The molecule has 8 heteroatoms. The van der Waals surface area contributed by atoms with Crippen molar-refractivity contribution in [2.75, 3.05) is 20.3 Å². The zero-order valence-electron chi connectivity index (χ0n) is 12.6. The number of nitrogens with zero attached hydrogens (tertiary/aromatic N) is 2. The van der Waals surface area contributed by atoms with E-state index in [2.05, 4.69) is 10.2 Å². The predicted octanol–water partition coefficient (Wildman–Crippen LogP) is 0.635. The highest BCUT2D eigenvalue weighted by Gasteiger charge is 2.10. The molecule has 0 amide bonds. The van der Waals surface area contributed by atoms with E-state index in [4.69, 9.17) is 25.7 Å². The lowest BCUT2D eigenvalue weighted by Crippen LogP contribution is -2.21. The molecule has 0 aliphatic carbocycles. The van der Waals surface area contributed by atoms with Crippen molar-refractivity contribution in [2.45, 2.75) is 13.3 Å². The van der Waals surface area contributed by atoms with E-state index >= 15 is 0 Å². The molecule has 0 fully saturated rings. The molecular formula is C14H20N4O4. The van der Waals surface area contributed by atoms with Crippen LogP contribution in [0.4, 0.5) is 0 Å². The molecule has 4 N–H and O–H groups in total. The van der Waals surface area contributed by atoms with E-state index in [0.29, 0.717) is 23.7 Å². The largest absolute Gasteiger partial charge is 0.493 e. The summed E-state index contributed by atoms with van der Waals surface area (Å²) < 4.78 is 15.7. The molecule has 0 spiro atoms. The van der Waals surface area contributed by atoms with E-state index in [1.165, 1.54) is 13.3 Å². The van der Waals surface area contributed by atoms with Gasteiger partial charge in [0.05, 0.1) is 33.0 Å². The molecule has 1 aromatic rings. The van der Waals surface area contributed by atoms with Crippen molar-refractivity contribution in [1.29, 1.82) is 0 Å². The summed E-state index contributed by atoms with van der Waals surface area (Å²) >= 11 is 0. The van der Waals surface area contributed by atoms with Crippen LogP contribution in [0.1, 0.15) is 18.9 Å². The molecular weight excluding hydrogens is 288 g/mol. The number of hydrogen-bond donors (Lipinski definition) is 2. The number of carbonyl (C=O) groups is 1. The van der Waals surface area contributed by atoms with Gasteiger partial charge < -0.3 is 25.7 Å². The van der Waals surface area contributed by atoms with Gasteiger partial charge in [-0.2, -0.15) is 5.10 Å². The predicted molar refractivity (Wildman–Crippen MR) is 83.1 cm³/mol. The molecule has 1 aromatic carbocycles. The van der Waals surface area contributed by atoms with E-state index in [1.807, 2.05) is 0 Å². The Morgan fingerprint density at radius 3 is 2.77 bits per heavy atom. The van der Waals surface area contributed by atoms with Crippen LogP contribution >= 0.6 is 0 Å². The Kier molecular flexibility index (Phi) is 7.24. The molecule has 0 bridgehead atoms. The van der Waals surface area contributed by atoms with Gasteiger partial charge in [-0.05, 0) is 19.1 Å². The van der Waals surface area contributed by atoms with Crippen LogP contribution in [0.15, 0.2) is 28.4 Å². The summed E-state index contributed by atoms with van der Waals surface area (Å²) in [5, 5.41) is 7.26. The van der Waals surface area contributed by atoms with E-state index in [9.17, 15) is 4.79 Å². The first-order chi connectivity index (χ1) is 10.6. The lowest BCUT2D eigenvalue weighted by Gasteiger charge is -2.12. The van der Waals surface area contributed by atoms with Gasteiger partial charge in [-0.3, -0.25) is 4.79 Å². The zero-order valence-corrected chi connectivity index (χ0v) is 12.6. The van der Waals surface area contributed by atoms with Crippen molar-refractivity contribution in [1.82, 2.24) is 0 Å². The molecule has 8 nitrogen and oxygen atoms in total. The summed E-state index contributed by atoms with van der Waals surface area (Å²) in [6.45, 7) is 2.24. The summed E-state index contributed by atoms with van der Waals surface area (Å²) in [5.74, 6) is 0.485. The van der Waals surface area contributed by atoms with Gasteiger partial charge in [0.2, 0.25) is 5.96 Å². The molecule has 0 aliphatic rings. The first kappa shape index (κ1) is 17.3. The number of rotatable bonds is 8. The molecule has 0 saturated carbocycles. The average Bonchev–Trinajstić information content (AvgIpc) is 2.48. The van der Waals surface area contributed by atoms with Gasteiger partial charge in [-0.1, -0.05) is 6.07 Å². The lowest BCUT2D eigenvalue weighted by atomic mass is 10.2. The van der Waals surface area contributed by atoms with Crippen molar-refractivity contribution >= 4 is 18.1 Å². The maximum Gasteiger partial charge on any atom is 0.309 e. The van der Waals surface area contributed by atoms with Crippen LogP contribution in [0.25, 0.3) is 0 Å². The number of ether oxygens (including phenoxy) is 3. The Balaban J connectivity index is 2.83. The smallest absolute Gasteiger partial charge is 0.309 e. The van der Waals surface area contributed by atoms with Gasteiger partial charge in [0.15, 0.2) is 11.5 Å². The molecule has 0 saturated heterocycles. The number of nitrogens with two attached hydrogens (primary N) is 2. The SMILES string of the molecule is CCOC(=O)CCOc1c(C=NN=C(N)N)cccc1OC. The second kappa shape index (κ2) is 9.22. The van der Waals surface area contributed by atoms with Crippen molar-refractivity contribution in [2.24, 2.45) is 21.7 Å². The fraction of sp³-hybridized carbons (Fsp3) is 0.357. The molecule has 0 heterocycles. The molecule has 0 unspecified atom stereocenters. The molecule has 120 valence electrons. The third kappa shape index (κ3) is 5.70. The number of benzene rings is 1. The highest BCUT2D eigenvalue weighted by atomic mass is 16.5. The molecule has 22 heavy (non-hydrogen) atoms. The Morgan fingerprint density at radius 1 is 1.36 bits per heavy atom. The molecule has 0 aromatic heterocycles. The highest BCUT2D eigenvalue weighted by molar-refractivity contribution is 5.86. The van der Waals surface area contributed by atoms with Crippen molar-refractivity contribution in [3.05, 3.63) is 23.8 Å². The van der Waals surface area contributed by atoms with Crippen molar-refractivity contribution in [3.63, 3.8) is 0 Å². The Bertz CT molecular complexity index is 554. The van der Waals surface area contributed by atoms with E-state index in [1.54, 1.807) is 25.1 Å². The monoisotopic (exact) mass is 308 g/mol. The van der Waals surface area contributed by atoms with Gasteiger partial charge in [-0.25, -0.2) is 0 Å². The van der Waals surface area contributed by atoms with E-state index in [0.717, 1.165) is 0 Å².